The first-order valence-corrected chi connectivity index (χ1v) is 7.05. The molecule has 1 aromatic carbocycles. The maximum atomic E-state index is 12.3. The Morgan fingerprint density at radius 2 is 2.00 bits per heavy atom. The molecule has 0 aliphatic rings. The van der Waals surface area contributed by atoms with Crippen LogP contribution in [0.5, 0.6) is 0 Å². The van der Waals surface area contributed by atoms with Crippen LogP contribution in [-0.4, -0.2) is 10.5 Å². The fourth-order valence-corrected chi connectivity index (χ4v) is 2.41. The SMILES string of the molecule is CCn1cc(Br)cc1C(=O)Nc1ccc(C)c(C)c1. The molecule has 4 heteroatoms. The fraction of sp³-hybridized carbons (Fsp3) is 0.267. The number of carbonyl (C=O) groups is 1. The van der Waals surface area contributed by atoms with E-state index in [9.17, 15) is 4.79 Å². The monoisotopic (exact) mass is 320 g/mol. The Hall–Kier alpha value is -1.55. The summed E-state index contributed by atoms with van der Waals surface area (Å²) in [6.45, 7) is 6.87. The molecule has 0 saturated carbocycles. The van der Waals surface area contributed by atoms with Gasteiger partial charge in [0.1, 0.15) is 5.69 Å². The molecule has 2 rings (SSSR count). The molecule has 0 fully saturated rings. The highest BCUT2D eigenvalue weighted by Crippen LogP contribution is 2.18. The van der Waals surface area contributed by atoms with Crippen molar-refractivity contribution >= 4 is 27.5 Å². The maximum absolute atomic E-state index is 12.3. The van der Waals surface area contributed by atoms with Crippen molar-refractivity contribution in [3.05, 3.63) is 51.8 Å². The predicted molar refractivity (Wildman–Crippen MR) is 81.7 cm³/mol. The van der Waals surface area contributed by atoms with E-state index >= 15 is 0 Å². The normalized spacial score (nSPS) is 10.5. The van der Waals surface area contributed by atoms with Gasteiger partial charge in [0.05, 0.1) is 0 Å². The van der Waals surface area contributed by atoms with Gasteiger partial charge in [-0.15, -0.1) is 0 Å². The highest BCUT2D eigenvalue weighted by Gasteiger charge is 2.12. The van der Waals surface area contributed by atoms with Crippen LogP contribution in [0.25, 0.3) is 0 Å². The van der Waals surface area contributed by atoms with Gasteiger partial charge < -0.3 is 9.88 Å². The molecule has 1 amide bonds. The molecule has 100 valence electrons. The van der Waals surface area contributed by atoms with E-state index in [0.29, 0.717) is 5.69 Å². The third-order valence-corrected chi connectivity index (χ3v) is 3.63. The molecule has 0 spiro atoms. The lowest BCUT2D eigenvalue weighted by Gasteiger charge is -2.09. The lowest BCUT2D eigenvalue weighted by molar-refractivity contribution is 0.101. The average molecular weight is 321 g/mol. The van der Waals surface area contributed by atoms with Crippen molar-refractivity contribution in [2.45, 2.75) is 27.3 Å². The van der Waals surface area contributed by atoms with Crippen molar-refractivity contribution < 1.29 is 4.79 Å². The molecule has 1 N–H and O–H groups in total. The van der Waals surface area contributed by atoms with E-state index in [4.69, 9.17) is 0 Å². The molecule has 0 saturated heterocycles. The summed E-state index contributed by atoms with van der Waals surface area (Å²) >= 11 is 3.40. The number of aryl methyl sites for hydroxylation is 3. The van der Waals surface area contributed by atoms with Gasteiger partial charge in [0.15, 0.2) is 0 Å². The summed E-state index contributed by atoms with van der Waals surface area (Å²) in [6.07, 6.45) is 1.91. The van der Waals surface area contributed by atoms with Gasteiger partial charge in [0.2, 0.25) is 0 Å². The number of rotatable bonds is 3. The van der Waals surface area contributed by atoms with Crippen LogP contribution in [0.4, 0.5) is 5.69 Å². The van der Waals surface area contributed by atoms with Crippen molar-refractivity contribution in [1.82, 2.24) is 4.57 Å². The van der Waals surface area contributed by atoms with E-state index in [1.54, 1.807) is 0 Å². The molecule has 0 bridgehead atoms. The first-order valence-electron chi connectivity index (χ1n) is 6.25. The van der Waals surface area contributed by atoms with E-state index < -0.39 is 0 Å². The molecular weight excluding hydrogens is 304 g/mol. The Bertz CT molecular complexity index is 617. The van der Waals surface area contributed by atoms with Crippen molar-refractivity contribution in [3.63, 3.8) is 0 Å². The van der Waals surface area contributed by atoms with Crippen molar-refractivity contribution in [2.75, 3.05) is 5.32 Å². The summed E-state index contributed by atoms with van der Waals surface area (Å²) < 4.78 is 2.83. The minimum absolute atomic E-state index is 0.0872. The molecule has 3 nitrogen and oxygen atoms in total. The topological polar surface area (TPSA) is 34.0 Å². The molecule has 1 aromatic heterocycles. The Morgan fingerprint density at radius 1 is 1.26 bits per heavy atom. The number of hydrogen-bond donors (Lipinski definition) is 1. The number of hydrogen-bond acceptors (Lipinski definition) is 1. The second-order valence-electron chi connectivity index (χ2n) is 4.58. The second-order valence-corrected chi connectivity index (χ2v) is 5.50. The zero-order valence-corrected chi connectivity index (χ0v) is 12.9. The number of benzene rings is 1. The average Bonchev–Trinajstić information content (AvgIpc) is 2.75. The maximum Gasteiger partial charge on any atom is 0.272 e. The summed E-state index contributed by atoms with van der Waals surface area (Å²) in [5, 5.41) is 2.93. The van der Waals surface area contributed by atoms with Crippen LogP contribution in [0.1, 0.15) is 28.5 Å². The van der Waals surface area contributed by atoms with Crippen LogP contribution < -0.4 is 5.32 Å². The number of nitrogens with one attached hydrogen (secondary N) is 1. The van der Waals surface area contributed by atoms with Crippen LogP contribution in [-0.2, 0) is 6.54 Å². The number of carbonyl (C=O) groups excluding carboxylic acids is 1. The molecule has 0 radical (unpaired) electrons. The zero-order valence-electron chi connectivity index (χ0n) is 11.3. The van der Waals surface area contributed by atoms with E-state index in [1.165, 1.54) is 11.1 Å². The van der Waals surface area contributed by atoms with Crippen LogP contribution in [0.15, 0.2) is 34.9 Å². The lowest BCUT2D eigenvalue weighted by atomic mass is 10.1. The quantitative estimate of drug-likeness (QED) is 0.906. The Morgan fingerprint density at radius 3 is 2.63 bits per heavy atom. The minimum atomic E-state index is -0.0872. The van der Waals surface area contributed by atoms with E-state index in [2.05, 4.69) is 28.2 Å². The summed E-state index contributed by atoms with van der Waals surface area (Å²) in [4.78, 5) is 12.3. The van der Waals surface area contributed by atoms with Crippen LogP contribution in [0.3, 0.4) is 0 Å². The standard InChI is InChI=1S/C15H17BrN2O/c1-4-18-9-12(16)8-14(18)15(19)17-13-6-5-10(2)11(3)7-13/h5-9H,4H2,1-3H3,(H,17,19). The summed E-state index contributed by atoms with van der Waals surface area (Å²) in [5.41, 5.74) is 3.88. The Balaban J connectivity index is 2.22. The molecule has 0 aliphatic carbocycles. The molecular formula is C15H17BrN2O. The van der Waals surface area contributed by atoms with E-state index in [0.717, 1.165) is 16.7 Å². The van der Waals surface area contributed by atoms with Gasteiger partial charge in [0, 0.05) is 22.9 Å². The molecule has 1 heterocycles. The third-order valence-electron chi connectivity index (χ3n) is 3.20. The fourth-order valence-electron chi connectivity index (χ4n) is 1.94. The van der Waals surface area contributed by atoms with Crippen molar-refractivity contribution in [3.8, 4) is 0 Å². The van der Waals surface area contributed by atoms with Gasteiger partial charge in [-0.2, -0.15) is 0 Å². The minimum Gasteiger partial charge on any atom is -0.343 e. The smallest absolute Gasteiger partial charge is 0.272 e. The summed E-state index contributed by atoms with van der Waals surface area (Å²) in [7, 11) is 0. The molecule has 2 aromatic rings. The van der Waals surface area contributed by atoms with Gasteiger partial charge in [-0.3, -0.25) is 4.79 Å². The lowest BCUT2D eigenvalue weighted by Crippen LogP contribution is -2.16. The Labute approximate surface area is 121 Å². The van der Waals surface area contributed by atoms with Gasteiger partial charge in [-0.1, -0.05) is 6.07 Å². The first kappa shape index (κ1) is 13.9. The number of nitrogens with zero attached hydrogens (tertiary/aromatic N) is 1. The molecule has 0 aliphatic heterocycles. The third kappa shape index (κ3) is 3.07. The second kappa shape index (κ2) is 5.61. The number of amides is 1. The van der Waals surface area contributed by atoms with Gasteiger partial charge in [0.25, 0.3) is 5.91 Å². The zero-order chi connectivity index (χ0) is 14.0. The highest BCUT2D eigenvalue weighted by atomic mass is 79.9. The largest absolute Gasteiger partial charge is 0.343 e. The number of halogens is 1. The van der Waals surface area contributed by atoms with Crippen molar-refractivity contribution in [2.24, 2.45) is 0 Å². The van der Waals surface area contributed by atoms with Gasteiger partial charge in [-0.25, -0.2) is 0 Å². The van der Waals surface area contributed by atoms with Crippen molar-refractivity contribution in [1.29, 1.82) is 0 Å². The van der Waals surface area contributed by atoms with Gasteiger partial charge >= 0.3 is 0 Å². The number of anilines is 1. The molecule has 0 unspecified atom stereocenters. The highest BCUT2D eigenvalue weighted by molar-refractivity contribution is 9.10. The molecule has 19 heavy (non-hydrogen) atoms. The van der Waals surface area contributed by atoms with Crippen LogP contribution >= 0.6 is 15.9 Å². The first-order chi connectivity index (χ1) is 9.01. The van der Waals surface area contributed by atoms with Gasteiger partial charge in [-0.05, 0) is 66.0 Å². The van der Waals surface area contributed by atoms with E-state index in [-0.39, 0.29) is 5.91 Å². The van der Waals surface area contributed by atoms with Crippen LogP contribution in [0.2, 0.25) is 0 Å². The molecule has 0 atom stereocenters. The number of aromatic nitrogens is 1. The van der Waals surface area contributed by atoms with E-state index in [1.807, 2.05) is 48.9 Å². The van der Waals surface area contributed by atoms with Crippen LogP contribution in [0, 0.1) is 13.8 Å². The predicted octanol–water partition coefficient (Wildman–Crippen LogP) is 4.14. The summed E-state index contributed by atoms with van der Waals surface area (Å²) in [6, 6.07) is 7.76. The Kier molecular flexibility index (Phi) is 4.10. The summed E-state index contributed by atoms with van der Waals surface area (Å²) in [5.74, 6) is -0.0872.